The summed E-state index contributed by atoms with van der Waals surface area (Å²) in [6.07, 6.45) is 1.17. The van der Waals surface area contributed by atoms with E-state index in [1.165, 1.54) is 74.2 Å². The molecule has 0 aliphatic carbocycles. The number of carbonyl (C=O) groups is 16. The number of nitrogens with two attached hydrogens (primary N) is 1. The highest BCUT2D eigenvalue weighted by Gasteiger charge is 2.43. The molecule has 132 heavy (non-hydrogen) atoms. The van der Waals surface area contributed by atoms with Crippen molar-refractivity contribution in [3.8, 4) is 5.75 Å². The van der Waals surface area contributed by atoms with Gasteiger partial charge in [0.15, 0.2) is 11.6 Å². The Morgan fingerprint density at radius 3 is 1.63 bits per heavy atom. The van der Waals surface area contributed by atoms with E-state index < -0.39 is 211 Å². The Bertz CT molecular complexity index is 5370. The molecule has 11 N–H and O–H groups in total. The number of fused-ring (bicyclic) bond motifs is 2. The molecule has 34 heteroatoms. The van der Waals surface area contributed by atoms with Gasteiger partial charge < -0.3 is 81.9 Å². The molecule has 0 unspecified atom stereocenters. The number of hydrogen-bond donors (Lipinski definition) is 10. The third-order valence-corrected chi connectivity index (χ3v) is 25.0. The number of primary amides is 1. The number of aromatic amines is 2. The van der Waals surface area contributed by atoms with Gasteiger partial charge in [-0.1, -0.05) is 180 Å². The first-order chi connectivity index (χ1) is 63.0. The zero-order valence-corrected chi connectivity index (χ0v) is 77.7. The first kappa shape index (κ1) is 103. The Morgan fingerprint density at radius 2 is 1.02 bits per heavy atom. The van der Waals surface area contributed by atoms with E-state index in [1.54, 1.807) is 174 Å². The van der Waals surface area contributed by atoms with Crippen LogP contribution in [0.1, 0.15) is 119 Å². The van der Waals surface area contributed by atoms with Gasteiger partial charge >= 0.3 is 0 Å². The van der Waals surface area contributed by atoms with Crippen LogP contribution in [0.5, 0.6) is 5.75 Å². The summed E-state index contributed by atoms with van der Waals surface area (Å²) in [6, 6.07) is 31.2. The average molecular weight is 1850 g/mol. The molecule has 9 rings (SSSR count). The van der Waals surface area contributed by atoms with Crippen molar-refractivity contribution in [2.24, 2.45) is 29.4 Å². The second kappa shape index (κ2) is 49.8. The van der Waals surface area contributed by atoms with Gasteiger partial charge in [0.05, 0.1) is 30.8 Å². The molecule has 1 aliphatic heterocycles. The van der Waals surface area contributed by atoms with Crippen LogP contribution in [0.25, 0.3) is 21.8 Å². The minimum absolute atomic E-state index is 0.0621. The van der Waals surface area contributed by atoms with E-state index in [4.69, 9.17) is 22.1 Å². The van der Waals surface area contributed by atoms with Gasteiger partial charge in [0.2, 0.25) is 70.9 Å². The second-order valence-electron chi connectivity index (χ2n) is 34.6. The smallest absolute Gasteiger partial charge is 0.293 e. The number of carbonyl (C=O) groups excluding carboxylic acids is 16. The van der Waals surface area contributed by atoms with Crippen LogP contribution in [0.4, 0.5) is 0 Å². The molecule has 2 aromatic heterocycles. The Labute approximate surface area is 777 Å². The number of aromatic hydroxyl groups is 1. The molecule has 1 aliphatic rings. The van der Waals surface area contributed by atoms with E-state index in [1.807, 2.05) is 6.92 Å². The number of ketones is 3. The number of rotatable bonds is 25. The fraction of sp³-hybridized carbons (Fsp3) is 0.429. The number of thioether (sulfide) groups is 1. The average Bonchev–Trinajstić information content (AvgIpc) is 1.63. The van der Waals surface area contributed by atoms with Crippen LogP contribution in [0.2, 0.25) is 5.02 Å². The summed E-state index contributed by atoms with van der Waals surface area (Å²) in [5, 5.41) is 28.9. The third kappa shape index (κ3) is 29.7. The molecule has 3 heterocycles. The number of amides is 12. The molecule has 1 saturated heterocycles. The first-order valence-electron chi connectivity index (χ1n) is 44.3. The van der Waals surface area contributed by atoms with E-state index in [0.29, 0.717) is 73.1 Å². The van der Waals surface area contributed by atoms with Crippen LogP contribution < -0.4 is 37.6 Å². The summed E-state index contributed by atoms with van der Waals surface area (Å²) in [5.41, 5.74) is 10.1. The number of nitrogens with zero attached hydrogens (tertiary/aromatic N) is 5. The molecule has 0 radical (unpaired) electrons. The standard InChI is InChI=1S/C98H121ClN14O18S/c1-11-12-32-82-97(129)109(6)53-70(116)46-67(55-131-58-114)86(118)50-72(60(4)5)94(126)112(9)83(44-62-26-18-14-19-27-62)93(125)107-80(48-66-52-102-75-38-35-68(99)49-73(66)75)95(127)110(7)54-88(120)103-78(47-65-51-101-74-31-23-22-30-71(65)74)92(124)106-77(42-64-33-36-69(115)37-34-64)91(123)105-76(41-59(2)3)90(122)108-81(85(117)39-40-87(100)119)56-132-57-89(121)104-79(43-61-24-16-13-17-25-61)96(128)113(10)84(98(130)111(82)8)45-63-28-20-15-21-29-63/h13-31,33-38,49,51-52,58-60,67,72,76-84,101-102,115H,11-12,32,39-48,50,53-57H2,1-10H3,(H2,100,119)(H,103,120)(H,104,121)(H,105,123)(H,106,124)(H,107,125)(H,108,122)/t67-,72-,76-,77-,78-,79-,80-,81-,82-,83-,84-/m0/s1. The lowest BCUT2D eigenvalue weighted by Crippen LogP contribution is -2.59. The topological polar surface area (TPSA) is 449 Å². The van der Waals surface area contributed by atoms with Crippen LogP contribution in [0, 0.1) is 23.7 Å². The predicted molar refractivity (Wildman–Crippen MR) is 501 cm³/mol. The lowest BCUT2D eigenvalue weighted by Gasteiger charge is -2.37. The fourth-order valence-corrected chi connectivity index (χ4v) is 17.3. The molecule has 0 spiro atoms. The molecule has 32 nitrogen and oxygen atoms in total. The Balaban J connectivity index is 1.12. The van der Waals surface area contributed by atoms with Crippen molar-refractivity contribution in [3.63, 3.8) is 0 Å². The van der Waals surface area contributed by atoms with Crippen molar-refractivity contribution in [2.45, 2.75) is 179 Å². The lowest BCUT2D eigenvalue weighted by atomic mass is 9.84. The largest absolute Gasteiger partial charge is 0.508 e. The quantitative estimate of drug-likeness (QED) is 0.0261. The summed E-state index contributed by atoms with van der Waals surface area (Å²) in [6.45, 7) is 6.92. The van der Waals surface area contributed by atoms with E-state index >= 15 is 47.9 Å². The van der Waals surface area contributed by atoms with Crippen LogP contribution in [0.15, 0.2) is 170 Å². The van der Waals surface area contributed by atoms with Crippen LogP contribution in [-0.2, 0) is 120 Å². The number of halogens is 1. The SMILES string of the molecule is CCCC[C@H]1C(=O)N(C)CC(=O)C[C@@H](COC=O)C(=O)C[C@@H](C(C)C)C(=O)N(C)[C@@H](Cc2ccccc2)C(=O)N[C@@H](Cc2c[nH]c3ccc(Cl)cc23)C(=O)N(C)CC(=O)N[C@@H](Cc2c[nH]c3ccccc23)C(=O)N[C@@H](Cc2ccc(O)cc2)C(=O)N[C@@H](CC(C)C)C(=O)N[C@H](C(=O)CCC(N)=O)CSCC(=O)N[C@@H](Cc2ccccc2)C(=O)N(C)[C@@H](Cc2ccccc2)C(=O)N1C. The van der Waals surface area contributed by atoms with Crippen molar-refractivity contribution >= 4 is 140 Å². The summed E-state index contributed by atoms with van der Waals surface area (Å²) < 4.78 is 5.18. The lowest BCUT2D eigenvalue weighted by molar-refractivity contribution is -0.151. The van der Waals surface area contributed by atoms with E-state index in [-0.39, 0.29) is 75.3 Å². The van der Waals surface area contributed by atoms with Crippen LogP contribution in [-0.4, -0.2) is 255 Å². The van der Waals surface area contributed by atoms with Gasteiger partial charge in [-0.15, -0.1) is 11.8 Å². The fourth-order valence-electron chi connectivity index (χ4n) is 16.2. The summed E-state index contributed by atoms with van der Waals surface area (Å²) in [7, 11) is 6.87. The van der Waals surface area contributed by atoms with Crippen molar-refractivity contribution in [1.82, 2.24) is 66.4 Å². The number of phenols is 1. The molecule has 8 aromatic rings. The zero-order chi connectivity index (χ0) is 96.0. The molecular formula is C98H121ClN14O18S. The number of unbranched alkanes of at least 4 members (excludes halogenated alkanes) is 1. The first-order valence-corrected chi connectivity index (χ1v) is 45.8. The highest BCUT2D eigenvalue weighted by atomic mass is 35.5. The maximum absolute atomic E-state index is 15.7. The minimum Gasteiger partial charge on any atom is -0.508 e. The van der Waals surface area contributed by atoms with Gasteiger partial charge in [0.1, 0.15) is 66.5 Å². The number of ether oxygens (including phenoxy) is 1. The normalized spacial score (nSPS) is 21.9. The van der Waals surface area contributed by atoms with Gasteiger partial charge in [0, 0.05) is 150 Å². The van der Waals surface area contributed by atoms with Crippen molar-refractivity contribution in [2.75, 3.05) is 66.4 Å². The summed E-state index contributed by atoms with van der Waals surface area (Å²) in [5.74, 6) is -16.1. The van der Waals surface area contributed by atoms with E-state index in [9.17, 15) is 33.9 Å². The maximum Gasteiger partial charge on any atom is 0.293 e. The molecule has 704 valence electrons. The molecule has 12 amide bonds. The third-order valence-electron chi connectivity index (χ3n) is 23.7. The Morgan fingerprint density at radius 1 is 0.515 bits per heavy atom. The second-order valence-corrected chi connectivity index (χ2v) is 36.1. The predicted octanol–water partition coefficient (Wildman–Crippen LogP) is 6.87. The van der Waals surface area contributed by atoms with Gasteiger partial charge in [-0.05, 0) is 94.5 Å². The molecular weight excluding hydrogens is 1730 g/mol. The van der Waals surface area contributed by atoms with Crippen molar-refractivity contribution < 1.29 is 86.6 Å². The van der Waals surface area contributed by atoms with Gasteiger partial charge in [-0.3, -0.25) is 76.7 Å². The Hall–Kier alpha value is -13.0. The number of likely N-dealkylation sites (N-methyl/N-ethyl adjacent to an activating group) is 5. The maximum atomic E-state index is 15.7. The van der Waals surface area contributed by atoms with Crippen molar-refractivity contribution in [3.05, 3.63) is 209 Å². The van der Waals surface area contributed by atoms with Gasteiger partial charge in [-0.25, -0.2) is 0 Å². The zero-order valence-electron chi connectivity index (χ0n) is 76.2. The van der Waals surface area contributed by atoms with E-state index in [0.717, 1.165) is 21.6 Å². The summed E-state index contributed by atoms with van der Waals surface area (Å²) >= 11 is 7.47. The van der Waals surface area contributed by atoms with Gasteiger partial charge in [-0.2, -0.15) is 0 Å². The van der Waals surface area contributed by atoms with E-state index in [2.05, 4.69) is 41.9 Å². The minimum atomic E-state index is -1.58. The molecule has 1 fully saturated rings. The van der Waals surface area contributed by atoms with Crippen molar-refractivity contribution in [1.29, 1.82) is 0 Å². The number of Topliss-reactive ketones (excluding diaryl/α,β-unsaturated/α-hetero) is 3. The molecule has 0 saturated carbocycles. The number of aromatic nitrogens is 2. The number of H-pyrrole nitrogens is 2. The highest BCUT2D eigenvalue weighted by molar-refractivity contribution is 8.00. The number of nitrogens with one attached hydrogen (secondary N) is 8. The number of phenolic OH excluding ortho intramolecular Hbond substituents is 1. The number of hydrogen-bond acceptors (Lipinski definition) is 19. The van der Waals surface area contributed by atoms with Gasteiger partial charge in [0.25, 0.3) is 6.47 Å². The monoisotopic (exact) mass is 1850 g/mol. The molecule has 0 bridgehead atoms. The van der Waals surface area contributed by atoms with Crippen LogP contribution >= 0.6 is 23.4 Å². The Kier molecular flexibility index (Phi) is 38.8. The molecule has 11 atom stereocenters. The van der Waals surface area contributed by atoms with Crippen LogP contribution in [0.3, 0.4) is 0 Å². The highest BCUT2D eigenvalue weighted by Crippen LogP contribution is 2.29. The molecule has 6 aromatic carbocycles. The number of benzene rings is 6. The summed E-state index contributed by atoms with van der Waals surface area (Å²) in [4.78, 5) is 249. The number of para-hydroxylation sites is 1.